The SMILES string of the molecule is CCOC(=O)C1CCN(C(c2ccc(C)cc2)c2sc3ncnn3c2O)CC1. The first-order valence-electron chi connectivity index (χ1n) is 9.57. The zero-order valence-electron chi connectivity index (χ0n) is 16.0. The number of carbonyl (C=O) groups is 1. The van der Waals surface area contributed by atoms with Crippen LogP contribution in [0.4, 0.5) is 0 Å². The third-order valence-electron chi connectivity index (χ3n) is 5.29. The van der Waals surface area contributed by atoms with Gasteiger partial charge in [0, 0.05) is 0 Å². The average molecular weight is 401 g/mol. The maximum Gasteiger partial charge on any atom is 0.309 e. The molecule has 1 unspecified atom stereocenters. The van der Waals surface area contributed by atoms with Gasteiger partial charge in [-0.1, -0.05) is 41.2 Å². The largest absolute Gasteiger partial charge is 0.492 e. The van der Waals surface area contributed by atoms with Crippen LogP contribution in [0.1, 0.15) is 41.8 Å². The second kappa shape index (κ2) is 7.89. The molecule has 0 spiro atoms. The van der Waals surface area contributed by atoms with E-state index in [2.05, 4.69) is 46.2 Å². The number of thiazole rings is 1. The molecule has 1 aliphatic heterocycles. The standard InChI is InChI=1S/C20H24N4O3S/c1-3-27-19(26)15-8-10-23(11-9-15)16(14-6-4-13(2)5-7-14)17-18(25)24-20(28-17)21-12-22-24/h4-7,12,15-16,25H,3,8-11H2,1-2H3. The summed E-state index contributed by atoms with van der Waals surface area (Å²) in [6, 6.07) is 8.28. The number of fused-ring (bicyclic) bond motifs is 1. The number of nitrogens with zero attached hydrogens (tertiary/aromatic N) is 4. The minimum atomic E-state index is -0.101. The van der Waals surface area contributed by atoms with E-state index in [4.69, 9.17) is 4.74 Å². The van der Waals surface area contributed by atoms with Crippen LogP contribution >= 0.6 is 11.3 Å². The third-order valence-corrected chi connectivity index (χ3v) is 6.38. The molecule has 1 fully saturated rings. The highest BCUT2D eigenvalue weighted by molar-refractivity contribution is 7.17. The summed E-state index contributed by atoms with van der Waals surface area (Å²) in [5.41, 5.74) is 2.30. The van der Waals surface area contributed by atoms with E-state index in [9.17, 15) is 9.90 Å². The van der Waals surface area contributed by atoms with Crippen molar-refractivity contribution in [2.45, 2.75) is 32.7 Å². The van der Waals surface area contributed by atoms with E-state index in [1.807, 2.05) is 6.92 Å². The number of aromatic nitrogens is 3. The summed E-state index contributed by atoms with van der Waals surface area (Å²) in [6.07, 6.45) is 2.95. The summed E-state index contributed by atoms with van der Waals surface area (Å²) < 4.78 is 6.67. The van der Waals surface area contributed by atoms with Crippen LogP contribution in [0.5, 0.6) is 5.88 Å². The average Bonchev–Trinajstić information content (AvgIpc) is 3.28. The van der Waals surface area contributed by atoms with Crippen molar-refractivity contribution in [2.75, 3.05) is 19.7 Å². The Hall–Kier alpha value is -2.45. The molecular formula is C20H24N4O3S. The highest BCUT2D eigenvalue weighted by Gasteiger charge is 2.34. The minimum Gasteiger partial charge on any atom is -0.492 e. The van der Waals surface area contributed by atoms with Crippen molar-refractivity contribution in [3.8, 4) is 5.88 Å². The van der Waals surface area contributed by atoms with E-state index in [1.165, 1.54) is 27.7 Å². The summed E-state index contributed by atoms with van der Waals surface area (Å²) in [7, 11) is 0. The van der Waals surface area contributed by atoms with Gasteiger partial charge in [0.25, 0.3) is 0 Å². The first-order valence-corrected chi connectivity index (χ1v) is 10.4. The van der Waals surface area contributed by atoms with Crippen LogP contribution in [0.15, 0.2) is 30.6 Å². The van der Waals surface area contributed by atoms with E-state index in [0.29, 0.717) is 11.6 Å². The molecule has 0 bridgehead atoms. The number of hydrogen-bond donors (Lipinski definition) is 1. The molecule has 28 heavy (non-hydrogen) atoms. The Morgan fingerprint density at radius 2 is 2.04 bits per heavy atom. The summed E-state index contributed by atoms with van der Waals surface area (Å²) in [5.74, 6) is -0.0166. The highest BCUT2D eigenvalue weighted by atomic mass is 32.1. The molecule has 1 atom stereocenters. The van der Waals surface area contributed by atoms with Crippen LogP contribution in [0.25, 0.3) is 4.96 Å². The zero-order valence-corrected chi connectivity index (χ0v) is 16.9. The summed E-state index contributed by atoms with van der Waals surface area (Å²) in [4.78, 5) is 20.1. The number of piperidine rings is 1. The lowest BCUT2D eigenvalue weighted by atomic mass is 9.93. The zero-order chi connectivity index (χ0) is 19.7. The number of carbonyl (C=O) groups excluding carboxylic acids is 1. The van der Waals surface area contributed by atoms with E-state index in [-0.39, 0.29) is 23.8 Å². The van der Waals surface area contributed by atoms with Crippen molar-refractivity contribution in [2.24, 2.45) is 5.92 Å². The van der Waals surface area contributed by atoms with Gasteiger partial charge in [-0.15, -0.1) is 0 Å². The predicted molar refractivity (Wildman–Crippen MR) is 106 cm³/mol. The quantitative estimate of drug-likeness (QED) is 0.663. The molecule has 4 rings (SSSR count). The van der Waals surface area contributed by atoms with Crippen LogP contribution in [0, 0.1) is 12.8 Å². The molecule has 1 N–H and O–H groups in total. The van der Waals surface area contributed by atoms with Gasteiger partial charge in [-0.25, -0.2) is 4.98 Å². The fourth-order valence-corrected chi connectivity index (χ4v) is 4.89. The van der Waals surface area contributed by atoms with Gasteiger partial charge >= 0.3 is 5.97 Å². The second-order valence-electron chi connectivity index (χ2n) is 7.12. The van der Waals surface area contributed by atoms with Crippen LogP contribution in [-0.2, 0) is 9.53 Å². The van der Waals surface area contributed by atoms with Crippen LogP contribution in [0.2, 0.25) is 0 Å². The van der Waals surface area contributed by atoms with Crippen LogP contribution in [-0.4, -0.2) is 50.3 Å². The van der Waals surface area contributed by atoms with Crippen molar-refractivity contribution in [1.29, 1.82) is 0 Å². The molecule has 2 aromatic heterocycles. The fourth-order valence-electron chi connectivity index (χ4n) is 3.80. The Bertz CT molecular complexity index is 958. The summed E-state index contributed by atoms with van der Waals surface area (Å²) >= 11 is 1.45. The number of hydrogen-bond acceptors (Lipinski definition) is 7. The van der Waals surface area contributed by atoms with Gasteiger partial charge in [0.2, 0.25) is 10.8 Å². The maximum absolute atomic E-state index is 12.1. The van der Waals surface area contributed by atoms with E-state index in [1.54, 1.807) is 0 Å². The van der Waals surface area contributed by atoms with Gasteiger partial charge in [-0.05, 0) is 45.3 Å². The van der Waals surface area contributed by atoms with Gasteiger partial charge < -0.3 is 9.84 Å². The molecule has 0 radical (unpaired) electrons. The fraction of sp³-hybridized carbons (Fsp3) is 0.450. The van der Waals surface area contributed by atoms with Crippen molar-refractivity contribution in [3.63, 3.8) is 0 Å². The molecule has 0 saturated carbocycles. The van der Waals surface area contributed by atoms with Crippen molar-refractivity contribution in [3.05, 3.63) is 46.6 Å². The second-order valence-corrected chi connectivity index (χ2v) is 8.13. The van der Waals surface area contributed by atoms with Gasteiger partial charge in [0.05, 0.1) is 23.4 Å². The third kappa shape index (κ3) is 3.49. The maximum atomic E-state index is 12.1. The number of ether oxygens (including phenoxy) is 1. The molecular weight excluding hydrogens is 376 g/mol. The van der Waals surface area contributed by atoms with Gasteiger partial charge in [0.15, 0.2) is 0 Å². The first-order chi connectivity index (χ1) is 13.6. The Morgan fingerprint density at radius 3 is 2.68 bits per heavy atom. The van der Waals surface area contributed by atoms with E-state index in [0.717, 1.165) is 36.4 Å². The molecule has 1 saturated heterocycles. The molecule has 0 aliphatic carbocycles. The molecule has 7 nitrogen and oxygen atoms in total. The molecule has 148 valence electrons. The van der Waals surface area contributed by atoms with Crippen LogP contribution in [0.3, 0.4) is 0 Å². The molecule has 3 heterocycles. The van der Waals surface area contributed by atoms with Gasteiger partial charge in [0.1, 0.15) is 6.33 Å². The molecule has 8 heteroatoms. The van der Waals surface area contributed by atoms with E-state index < -0.39 is 0 Å². The highest BCUT2D eigenvalue weighted by Crippen LogP contribution is 2.41. The van der Waals surface area contributed by atoms with E-state index >= 15 is 0 Å². The molecule has 1 aromatic carbocycles. The number of likely N-dealkylation sites (tertiary alicyclic amines) is 1. The van der Waals surface area contributed by atoms with Crippen molar-refractivity contribution in [1.82, 2.24) is 19.5 Å². The Balaban J connectivity index is 1.64. The van der Waals surface area contributed by atoms with Crippen LogP contribution < -0.4 is 0 Å². The monoisotopic (exact) mass is 400 g/mol. The lowest BCUT2D eigenvalue weighted by molar-refractivity contribution is -0.149. The Morgan fingerprint density at radius 1 is 1.32 bits per heavy atom. The number of rotatable bonds is 5. The lowest BCUT2D eigenvalue weighted by Crippen LogP contribution is -2.39. The summed E-state index contributed by atoms with van der Waals surface area (Å²) in [5, 5.41) is 14.9. The first kappa shape index (κ1) is 18.9. The van der Waals surface area contributed by atoms with Gasteiger partial charge in [-0.3, -0.25) is 9.69 Å². The predicted octanol–water partition coefficient (Wildman–Crippen LogP) is 3.17. The Labute approximate surface area is 167 Å². The molecule has 3 aromatic rings. The summed E-state index contributed by atoms with van der Waals surface area (Å²) in [6.45, 7) is 5.83. The number of esters is 1. The number of benzene rings is 1. The Kier molecular flexibility index (Phi) is 5.32. The number of aromatic hydroxyl groups is 1. The van der Waals surface area contributed by atoms with Gasteiger partial charge in [-0.2, -0.15) is 9.61 Å². The smallest absolute Gasteiger partial charge is 0.309 e. The lowest BCUT2D eigenvalue weighted by Gasteiger charge is -2.36. The minimum absolute atomic E-state index is 0.0502. The van der Waals surface area contributed by atoms with Crippen molar-refractivity contribution < 1.29 is 14.6 Å². The van der Waals surface area contributed by atoms with Crippen molar-refractivity contribution >= 4 is 22.3 Å². The topological polar surface area (TPSA) is 80.0 Å². The molecule has 1 aliphatic rings. The molecule has 0 amide bonds. The normalized spacial score (nSPS) is 17.1. The number of aryl methyl sites for hydroxylation is 1.